The maximum atomic E-state index is 11.5. The molecule has 2 saturated heterocycles. The van der Waals surface area contributed by atoms with Crippen LogP contribution in [0.15, 0.2) is 0 Å². The zero-order chi connectivity index (χ0) is 12.4. The van der Waals surface area contributed by atoms with E-state index in [1.165, 1.54) is 12.2 Å². The van der Waals surface area contributed by atoms with Crippen molar-refractivity contribution in [1.82, 2.24) is 4.90 Å². The van der Waals surface area contributed by atoms with E-state index in [1.54, 1.807) is 0 Å². The minimum Gasteiger partial charge on any atom is -0.329 e. The van der Waals surface area contributed by atoms with Crippen molar-refractivity contribution >= 4 is 21.6 Å². The molecule has 2 N–H and O–H groups in total. The van der Waals surface area contributed by atoms with Crippen LogP contribution in [0, 0.1) is 0 Å². The lowest BCUT2D eigenvalue weighted by molar-refractivity contribution is 0.0918. The van der Waals surface area contributed by atoms with Crippen LogP contribution >= 0.6 is 11.8 Å². The van der Waals surface area contributed by atoms with Gasteiger partial charge in [0, 0.05) is 24.4 Å². The summed E-state index contributed by atoms with van der Waals surface area (Å²) in [4.78, 5) is 2.46. The monoisotopic (exact) mass is 278 g/mol. The molecule has 2 aliphatic heterocycles. The number of hydrogen-bond donors (Lipinski definition) is 1. The Labute approximate surface area is 108 Å². The second-order valence-electron chi connectivity index (χ2n) is 5.03. The third-order valence-electron chi connectivity index (χ3n) is 4.03. The van der Waals surface area contributed by atoms with Crippen LogP contribution in [-0.2, 0) is 9.84 Å². The topological polar surface area (TPSA) is 63.4 Å². The summed E-state index contributed by atoms with van der Waals surface area (Å²) in [5.41, 5.74) is 5.92. The molecule has 0 radical (unpaired) electrons. The Morgan fingerprint density at radius 3 is 2.53 bits per heavy atom. The molecule has 0 aromatic rings. The molecule has 0 bridgehead atoms. The highest BCUT2D eigenvalue weighted by atomic mass is 32.2. The van der Waals surface area contributed by atoms with Gasteiger partial charge in [0.05, 0.1) is 11.5 Å². The maximum Gasteiger partial charge on any atom is 0.150 e. The molecule has 4 nitrogen and oxygen atoms in total. The van der Waals surface area contributed by atoms with Gasteiger partial charge in [-0.15, -0.1) is 0 Å². The quantitative estimate of drug-likeness (QED) is 0.789. The molecule has 2 fully saturated rings. The zero-order valence-corrected chi connectivity index (χ0v) is 11.9. The Morgan fingerprint density at radius 1 is 1.18 bits per heavy atom. The van der Waals surface area contributed by atoms with Gasteiger partial charge in [-0.2, -0.15) is 11.8 Å². The van der Waals surface area contributed by atoms with Crippen LogP contribution in [0.25, 0.3) is 0 Å². The standard InChI is InChI=1S/C11H22N2O2S2/c12-10-11(2-8-17(14,15)9-3-11)13-4-1-6-16-7-5-13/h1-10,12H2. The predicted octanol–water partition coefficient (Wildman–Crippen LogP) is 0.331. The second-order valence-corrected chi connectivity index (χ2v) is 8.56. The van der Waals surface area contributed by atoms with Crippen molar-refractivity contribution in [2.75, 3.05) is 42.6 Å². The lowest BCUT2D eigenvalue weighted by Crippen LogP contribution is -2.58. The number of nitrogens with zero attached hydrogens (tertiary/aromatic N) is 1. The Bertz CT molecular complexity index is 334. The molecular formula is C11H22N2O2S2. The van der Waals surface area contributed by atoms with Gasteiger partial charge in [0.1, 0.15) is 9.84 Å². The maximum absolute atomic E-state index is 11.5. The highest BCUT2D eigenvalue weighted by Crippen LogP contribution is 2.31. The molecule has 0 aromatic carbocycles. The predicted molar refractivity (Wildman–Crippen MR) is 73.2 cm³/mol. The Hall–Kier alpha value is 0.220. The van der Waals surface area contributed by atoms with E-state index in [2.05, 4.69) is 4.90 Å². The molecule has 100 valence electrons. The van der Waals surface area contributed by atoms with Gasteiger partial charge in [-0.3, -0.25) is 4.90 Å². The molecule has 6 heteroatoms. The summed E-state index contributed by atoms with van der Waals surface area (Å²) in [6.45, 7) is 2.72. The Morgan fingerprint density at radius 2 is 1.88 bits per heavy atom. The van der Waals surface area contributed by atoms with E-state index < -0.39 is 9.84 Å². The third-order valence-corrected chi connectivity index (χ3v) is 6.73. The first kappa shape index (κ1) is 13.6. The third kappa shape index (κ3) is 3.16. The van der Waals surface area contributed by atoms with Crippen LogP contribution in [0.5, 0.6) is 0 Å². The molecule has 0 aliphatic carbocycles. The highest BCUT2D eigenvalue weighted by Gasteiger charge is 2.40. The van der Waals surface area contributed by atoms with Crippen molar-refractivity contribution in [2.24, 2.45) is 5.73 Å². The van der Waals surface area contributed by atoms with Crippen LogP contribution in [0.4, 0.5) is 0 Å². The molecule has 0 spiro atoms. The van der Waals surface area contributed by atoms with Gasteiger partial charge in [-0.1, -0.05) is 0 Å². The molecular weight excluding hydrogens is 256 g/mol. The molecule has 2 rings (SSSR count). The van der Waals surface area contributed by atoms with E-state index in [0.717, 1.165) is 31.7 Å². The van der Waals surface area contributed by atoms with Gasteiger partial charge in [-0.05, 0) is 31.6 Å². The molecule has 0 saturated carbocycles. The Kier molecular flexibility index (Phi) is 4.39. The fourth-order valence-electron chi connectivity index (χ4n) is 2.79. The van der Waals surface area contributed by atoms with E-state index >= 15 is 0 Å². The first-order valence-electron chi connectivity index (χ1n) is 6.31. The zero-order valence-electron chi connectivity index (χ0n) is 10.2. The number of sulfone groups is 1. The molecule has 0 amide bonds. The average Bonchev–Trinajstić information content (AvgIpc) is 2.59. The van der Waals surface area contributed by atoms with Crippen LogP contribution in [0.1, 0.15) is 19.3 Å². The first-order chi connectivity index (χ1) is 8.08. The van der Waals surface area contributed by atoms with Crippen LogP contribution in [0.3, 0.4) is 0 Å². The van der Waals surface area contributed by atoms with Crippen LogP contribution in [0.2, 0.25) is 0 Å². The summed E-state index contributed by atoms with van der Waals surface area (Å²) in [7, 11) is -2.80. The fourth-order valence-corrected chi connectivity index (χ4v) is 5.26. The normalized spacial score (nSPS) is 29.7. The van der Waals surface area contributed by atoms with Gasteiger partial charge in [0.2, 0.25) is 0 Å². The van der Waals surface area contributed by atoms with Crippen molar-refractivity contribution < 1.29 is 8.42 Å². The van der Waals surface area contributed by atoms with Gasteiger partial charge < -0.3 is 5.73 Å². The molecule has 2 heterocycles. The van der Waals surface area contributed by atoms with E-state index in [-0.39, 0.29) is 5.54 Å². The first-order valence-corrected chi connectivity index (χ1v) is 9.29. The highest BCUT2D eigenvalue weighted by molar-refractivity contribution is 7.99. The van der Waals surface area contributed by atoms with Crippen LogP contribution in [-0.4, -0.2) is 61.5 Å². The largest absolute Gasteiger partial charge is 0.329 e. The van der Waals surface area contributed by atoms with Gasteiger partial charge >= 0.3 is 0 Å². The van der Waals surface area contributed by atoms with E-state index in [1.807, 2.05) is 11.8 Å². The smallest absolute Gasteiger partial charge is 0.150 e. The molecule has 0 atom stereocenters. The summed E-state index contributed by atoms with van der Waals surface area (Å²) < 4.78 is 23.1. The lowest BCUT2D eigenvalue weighted by Gasteiger charge is -2.45. The molecule has 0 unspecified atom stereocenters. The number of rotatable bonds is 2. The van der Waals surface area contributed by atoms with E-state index in [0.29, 0.717) is 18.1 Å². The van der Waals surface area contributed by atoms with Crippen molar-refractivity contribution in [2.45, 2.75) is 24.8 Å². The number of nitrogens with two attached hydrogens (primary N) is 1. The average molecular weight is 278 g/mol. The van der Waals surface area contributed by atoms with Gasteiger partial charge in [0.25, 0.3) is 0 Å². The van der Waals surface area contributed by atoms with E-state index in [9.17, 15) is 8.42 Å². The van der Waals surface area contributed by atoms with Crippen molar-refractivity contribution in [3.8, 4) is 0 Å². The van der Waals surface area contributed by atoms with Crippen molar-refractivity contribution in [3.63, 3.8) is 0 Å². The molecule has 0 aromatic heterocycles. The van der Waals surface area contributed by atoms with Gasteiger partial charge in [0.15, 0.2) is 0 Å². The summed E-state index contributed by atoms with van der Waals surface area (Å²) in [6.07, 6.45) is 2.63. The lowest BCUT2D eigenvalue weighted by atomic mass is 9.90. The summed E-state index contributed by atoms with van der Waals surface area (Å²) in [5.74, 6) is 2.99. The summed E-state index contributed by atoms with van der Waals surface area (Å²) >= 11 is 1.99. The molecule has 17 heavy (non-hydrogen) atoms. The summed E-state index contributed by atoms with van der Waals surface area (Å²) in [5, 5.41) is 0. The minimum atomic E-state index is -2.80. The van der Waals surface area contributed by atoms with Crippen LogP contribution < -0.4 is 5.73 Å². The minimum absolute atomic E-state index is 0.0454. The van der Waals surface area contributed by atoms with Gasteiger partial charge in [-0.25, -0.2) is 8.42 Å². The second kappa shape index (κ2) is 5.47. The van der Waals surface area contributed by atoms with Crippen molar-refractivity contribution in [3.05, 3.63) is 0 Å². The fraction of sp³-hybridized carbons (Fsp3) is 1.00. The van der Waals surface area contributed by atoms with Crippen molar-refractivity contribution in [1.29, 1.82) is 0 Å². The molecule has 2 aliphatic rings. The SMILES string of the molecule is NCC1(N2CCCSCC2)CCS(=O)(=O)CC1. The van der Waals surface area contributed by atoms with E-state index in [4.69, 9.17) is 5.73 Å². The summed E-state index contributed by atoms with van der Waals surface area (Å²) in [6, 6.07) is 0. The number of hydrogen-bond acceptors (Lipinski definition) is 5. The number of thioether (sulfide) groups is 1. The Balaban J connectivity index is 2.08.